The predicted octanol–water partition coefficient (Wildman–Crippen LogP) is 7.01. The van der Waals surface area contributed by atoms with Gasteiger partial charge in [-0.15, -0.1) is 0 Å². The number of fused-ring (bicyclic) bond motifs is 3. The van der Waals surface area contributed by atoms with E-state index in [9.17, 15) is 4.79 Å². The molecule has 0 spiro atoms. The molecule has 4 heteroatoms. The first kappa shape index (κ1) is 23.0. The van der Waals surface area contributed by atoms with Gasteiger partial charge in [-0.1, -0.05) is 73.2 Å². The molecule has 0 saturated heterocycles. The van der Waals surface area contributed by atoms with Gasteiger partial charge in [0.1, 0.15) is 6.61 Å². The summed E-state index contributed by atoms with van der Waals surface area (Å²) >= 11 is 0. The summed E-state index contributed by atoms with van der Waals surface area (Å²) in [5, 5.41) is 2.38. The number of aryl methyl sites for hydroxylation is 1. The van der Waals surface area contributed by atoms with Gasteiger partial charge in [-0.25, -0.2) is 0 Å². The van der Waals surface area contributed by atoms with E-state index in [4.69, 9.17) is 9.47 Å². The van der Waals surface area contributed by atoms with Crippen LogP contribution in [-0.2, 0) is 11.4 Å². The summed E-state index contributed by atoms with van der Waals surface area (Å²) in [5.41, 5.74) is 5.63. The lowest BCUT2D eigenvalue weighted by Crippen LogP contribution is -2.37. The Kier molecular flexibility index (Phi) is 6.45. The molecule has 35 heavy (non-hydrogen) atoms. The maximum Gasteiger partial charge on any atom is 0.227 e. The smallest absolute Gasteiger partial charge is 0.227 e. The number of amides is 1. The number of benzene rings is 4. The van der Waals surface area contributed by atoms with Crippen LogP contribution in [0.15, 0.2) is 78.9 Å². The van der Waals surface area contributed by atoms with E-state index in [2.05, 4.69) is 80.6 Å². The minimum atomic E-state index is -0.0447. The maximum atomic E-state index is 13.2. The van der Waals surface area contributed by atoms with Gasteiger partial charge in [0.05, 0.1) is 7.11 Å². The van der Waals surface area contributed by atoms with Crippen molar-refractivity contribution in [3.63, 3.8) is 0 Å². The Morgan fingerprint density at radius 2 is 1.74 bits per heavy atom. The number of carbonyl (C=O) groups excluding carboxylic acids is 1. The summed E-state index contributed by atoms with van der Waals surface area (Å²) in [4.78, 5) is 15.2. The highest BCUT2D eigenvalue weighted by atomic mass is 16.5. The number of ether oxygens (including phenoxy) is 2. The summed E-state index contributed by atoms with van der Waals surface area (Å²) in [5.74, 6) is 1.50. The minimum absolute atomic E-state index is 0.0447. The molecule has 0 aliphatic carbocycles. The van der Waals surface area contributed by atoms with E-state index < -0.39 is 0 Å². The van der Waals surface area contributed by atoms with Crippen LogP contribution in [0.5, 0.6) is 11.5 Å². The molecule has 1 amide bonds. The number of hydrogen-bond donors (Lipinski definition) is 0. The standard InChI is InChI=1S/C31H31NO3/c1-4-17-32-27-15-13-23-7-5-6-8-25(23)31(27)26(19-30(32)33)24-14-16-28(29(18-24)34-3)35-20-22-11-9-21(2)10-12-22/h5-16,18,26H,4,17,19-20H2,1-3H3. The van der Waals surface area contributed by atoms with Gasteiger partial charge in [0.25, 0.3) is 0 Å². The van der Waals surface area contributed by atoms with Crippen molar-refractivity contribution in [1.29, 1.82) is 0 Å². The van der Waals surface area contributed by atoms with Crippen molar-refractivity contribution in [3.05, 3.63) is 101 Å². The first-order valence-corrected chi connectivity index (χ1v) is 12.3. The van der Waals surface area contributed by atoms with Crippen LogP contribution in [-0.4, -0.2) is 19.6 Å². The number of rotatable bonds is 7. The van der Waals surface area contributed by atoms with Crippen molar-refractivity contribution in [2.75, 3.05) is 18.6 Å². The van der Waals surface area contributed by atoms with Crippen molar-refractivity contribution < 1.29 is 14.3 Å². The molecule has 0 saturated carbocycles. The Hall–Kier alpha value is -3.79. The highest BCUT2D eigenvalue weighted by Crippen LogP contribution is 2.45. The quantitative estimate of drug-likeness (QED) is 0.295. The zero-order valence-corrected chi connectivity index (χ0v) is 20.6. The van der Waals surface area contributed by atoms with Gasteiger partial charge in [0.2, 0.25) is 5.91 Å². The summed E-state index contributed by atoms with van der Waals surface area (Å²) in [6, 6.07) is 27.1. The predicted molar refractivity (Wildman–Crippen MR) is 142 cm³/mol. The van der Waals surface area contributed by atoms with Gasteiger partial charge >= 0.3 is 0 Å². The van der Waals surface area contributed by atoms with Crippen LogP contribution < -0.4 is 14.4 Å². The van der Waals surface area contributed by atoms with Crippen molar-refractivity contribution in [2.45, 2.75) is 39.2 Å². The molecule has 0 radical (unpaired) electrons. The van der Waals surface area contributed by atoms with E-state index in [1.165, 1.54) is 21.9 Å². The fourth-order valence-corrected chi connectivity index (χ4v) is 5.03. The average Bonchev–Trinajstić information content (AvgIpc) is 2.89. The molecule has 4 nitrogen and oxygen atoms in total. The fourth-order valence-electron chi connectivity index (χ4n) is 5.03. The third kappa shape index (κ3) is 4.49. The summed E-state index contributed by atoms with van der Waals surface area (Å²) in [6.45, 7) is 5.38. The number of methoxy groups -OCH3 is 1. The Bertz CT molecular complexity index is 1360. The number of carbonyl (C=O) groups is 1. The molecule has 5 rings (SSSR count). The minimum Gasteiger partial charge on any atom is -0.493 e. The zero-order valence-electron chi connectivity index (χ0n) is 20.6. The molecule has 0 aromatic heterocycles. The highest BCUT2D eigenvalue weighted by Gasteiger charge is 2.33. The molecule has 1 unspecified atom stereocenters. The van der Waals surface area contributed by atoms with Crippen LogP contribution in [0.4, 0.5) is 5.69 Å². The van der Waals surface area contributed by atoms with E-state index >= 15 is 0 Å². The lowest BCUT2D eigenvalue weighted by atomic mass is 9.81. The van der Waals surface area contributed by atoms with Gasteiger partial charge in [-0.2, -0.15) is 0 Å². The monoisotopic (exact) mass is 465 g/mol. The number of nitrogens with zero attached hydrogens (tertiary/aromatic N) is 1. The molecule has 0 fully saturated rings. The van der Waals surface area contributed by atoms with E-state index in [1.54, 1.807) is 7.11 Å². The molecule has 4 aromatic carbocycles. The molecule has 1 heterocycles. The second-order valence-corrected chi connectivity index (χ2v) is 9.21. The second-order valence-electron chi connectivity index (χ2n) is 9.21. The van der Waals surface area contributed by atoms with Gasteiger partial charge in [-0.3, -0.25) is 4.79 Å². The molecule has 1 atom stereocenters. The molecule has 1 aliphatic rings. The lowest BCUT2D eigenvalue weighted by molar-refractivity contribution is -0.119. The summed E-state index contributed by atoms with van der Waals surface area (Å²) < 4.78 is 11.8. The summed E-state index contributed by atoms with van der Waals surface area (Å²) in [6.07, 6.45) is 1.36. The van der Waals surface area contributed by atoms with Crippen LogP contribution in [0.1, 0.15) is 47.9 Å². The van der Waals surface area contributed by atoms with Crippen LogP contribution in [0, 0.1) is 6.92 Å². The normalized spacial score (nSPS) is 15.2. The topological polar surface area (TPSA) is 38.8 Å². The third-order valence-corrected chi connectivity index (χ3v) is 6.82. The van der Waals surface area contributed by atoms with Crippen molar-refractivity contribution in [2.24, 2.45) is 0 Å². The molecule has 0 bridgehead atoms. The first-order valence-electron chi connectivity index (χ1n) is 12.3. The largest absolute Gasteiger partial charge is 0.493 e. The molecule has 178 valence electrons. The summed E-state index contributed by atoms with van der Waals surface area (Å²) in [7, 11) is 1.66. The van der Waals surface area contributed by atoms with E-state index in [0.717, 1.165) is 29.8 Å². The van der Waals surface area contributed by atoms with Gasteiger partial charge in [-0.05, 0) is 59.0 Å². The Morgan fingerprint density at radius 1 is 0.943 bits per heavy atom. The Morgan fingerprint density at radius 3 is 2.51 bits per heavy atom. The maximum absolute atomic E-state index is 13.2. The van der Waals surface area contributed by atoms with Crippen LogP contribution >= 0.6 is 0 Å². The highest BCUT2D eigenvalue weighted by molar-refractivity contribution is 6.03. The van der Waals surface area contributed by atoms with Gasteiger partial charge < -0.3 is 14.4 Å². The zero-order chi connectivity index (χ0) is 24.4. The molecule has 1 aliphatic heterocycles. The van der Waals surface area contributed by atoms with Crippen molar-refractivity contribution in [3.8, 4) is 11.5 Å². The average molecular weight is 466 g/mol. The molecule has 4 aromatic rings. The van der Waals surface area contributed by atoms with E-state index in [-0.39, 0.29) is 11.8 Å². The number of hydrogen-bond acceptors (Lipinski definition) is 3. The Balaban J connectivity index is 1.53. The molecule has 0 N–H and O–H groups in total. The second kappa shape index (κ2) is 9.83. The van der Waals surface area contributed by atoms with Crippen molar-refractivity contribution in [1.82, 2.24) is 0 Å². The van der Waals surface area contributed by atoms with Gasteiger partial charge in [0.15, 0.2) is 11.5 Å². The first-order chi connectivity index (χ1) is 17.1. The van der Waals surface area contributed by atoms with Crippen LogP contribution in [0.2, 0.25) is 0 Å². The van der Waals surface area contributed by atoms with E-state index in [0.29, 0.717) is 24.5 Å². The van der Waals surface area contributed by atoms with Crippen LogP contribution in [0.25, 0.3) is 10.8 Å². The van der Waals surface area contributed by atoms with Crippen molar-refractivity contribution >= 4 is 22.4 Å². The molecular formula is C31H31NO3. The Labute approximate surface area is 207 Å². The lowest BCUT2D eigenvalue weighted by Gasteiger charge is -2.35. The van der Waals surface area contributed by atoms with E-state index in [1.807, 2.05) is 17.0 Å². The number of anilines is 1. The SMILES string of the molecule is CCCN1C(=O)CC(c2ccc(OCc3ccc(C)cc3)c(OC)c2)c2c1ccc1ccccc21. The third-order valence-electron chi connectivity index (χ3n) is 6.82. The molecular weight excluding hydrogens is 434 g/mol. The van der Waals surface area contributed by atoms with Gasteiger partial charge in [0, 0.05) is 24.6 Å². The fraction of sp³-hybridized carbons (Fsp3) is 0.258. The van der Waals surface area contributed by atoms with Crippen LogP contribution in [0.3, 0.4) is 0 Å².